The van der Waals surface area contributed by atoms with Gasteiger partial charge in [-0.05, 0) is 29.1 Å². The molecule has 0 aliphatic carbocycles. The molecule has 1 N–H and O–H groups in total. The molecule has 0 radical (unpaired) electrons. The summed E-state index contributed by atoms with van der Waals surface area (Å²) in [4.78, 5) is 1.19. The number of nitrogens with one attached hydrogen (secondary N) is 1. The molecule has 0 saturated carbocycles. The van der Waals surface area contributed by atoms with Crippen molar-refractivity contribution in [1.29, 1.82) is 0 Å². The van der Waals surface area contributed by atoms with Crippen molar-refractivity contribution in [2.75, 3.05) is 20.3 Å². The van der Waals surface area contributed by atoms with Crippen molar-refractivity contribution < 1.29 is 9.47 Å². The van der Waals surface area contributed by atoms with Crippen molar-refractivity contribution in [3.05, 3.63) is 51.2 Å². The molecule has 0 atom stereocenters. The molecule has 0 bridgehead atoms. The fourth-order valence-electron chi connectivity index (χ4n) is 1.72. The molecule has 108 valence electrons. The first kappa shape index (κ1) is 15.3. The van der Waals surface area contributed by atoms with Gasteiger partial charge in [-0.3, -0.25) is 0 Å². The summed E-state index contributed by atoms with van der Waals surface area (Å²) < 4.78 is 10.7. The van der Waals surface area contributed by atoms with Crippen LogP contribution in [0.15, 0.2) is 35.7 Å². The van der Waals surface area contributed by atoms with Crippen molar-refractivity contribution in [3.8, 4) is 5.75 Å². The molecular formula is C15H18ClNO2S. The molecule has 1 aromatic heterocycles. The molecule has 0 fully saturated rings. The molecule has 0 aliphatic heterocycles. The zero-order valence-corrected chi connectivity index (χ0v) is 13.0. The van der Waals surface area contributed by atoms with E-state index in [2.05, 4.69) is 5.32 Å². The average Bonchev–Trinajstić information content (AvgIpc) is 2.96. The minimum absolute atomic E-state index is 0.558. The highest BCUT2D eigenvalue weighted by Crippen LogP contribution is 2.26. The Hall–Kier alpha value is -1.07. The van der Waals surface area contributed by atoms with Crippen LogP contribution >= 0.6 is 22.9 Å². The quantitative estimate of drug-likeness (QED) is 0.754. The maximum absolute atomic E-state index is 6.24. The van der Waals surface area contributed by atoms with E-state index in [0.29, 0.717) is 18.2 Å². The van der Waals surface area contributed by atoms with Crippen LogP contribution in [0.1, 0.15) is 10.4 Å². The zero-order chi connectivity index (χ0) is 14.2. The van der Waals surface area contributed by atoms with Gasteiger partial charge in [0.2, 0.25) is 0 Å². The number of halogens is 1. The van der Waals surface area contributed by atoms with E-state index in [1.807, 2.05) is 35.7 Å². The van der Waals surface area contributed by atoms with Crippen LogP contribution in [0, 0.1) is 0 Å². The summed E-state index contributed by atoms with van der Waals surface area (Å²) in [5.74, 6) is 0.723. The fourth-order valence-corrected chi connectivity index (χ4v) is 2.60. The van der Waals surface area contributed by atoms with Crippen LogP contribution in [0.25, 0.3) is 0 Å². The molecular weight excluding hydrogens is 294 g/mol. The van der Waals surface area contributed by atoms with Gasteiger partial charge in [0.25, 0.3) is 0 Å². The molecule has 2 aromatic rings. The topological polar surface area (TPSA) is 30.5 Å². The smallest absolute Gasteiger partial charge is 0.138 e. The molecule has 0 unspecified atom stereocenters. The van der Waals surface area contributed by atoms with E-state index >= 15 is 0 Å². The summed E-state index contributed by atoms with van der Waals surface area (Å²) in [6, 6.07) is 9.94. The fraction of sp³-hybridized carbons (Fsp3) is 0.333. The lowest BCUT2D eigenvalue weighted by Crippen LogP contribution is -2.18. The molecule has 0 spiro atoms. The van der Waals surface area contributed by atoms with Gasteiger partial charge in [-0.1, -0.05) is 23.7 Å². The number of methoxy groups -OCH3 is 1. The molecule has 20 heavy (non-hydrogen) atoms. The summed E-state index contributed by atoms with van der Waals surface area (Å²) in [5, 5.41) is 5.96. The molecule has 0 saturated heterocycles. The lowest BCUT2D eigenvalue weighted by Gasteiger charge is -2.09. The van der Waals surface area contributed by atoms with Gasteiger partial charge in [-0.2, -0.15) is 0 Å². The van der Waals surface area contributed by atoms with Gasteiger partial charge >= 0.3 is 0 Å². The first-order chi connectivity index (χ1) is 9.79. The van der Waals surface area contributed by atoms with Crippen LogP contribution in [0.5, 0.6) is 5.75 Å². The maximum atomic E-state index is 6.24. The lowest BCUT2D eigenvalue weighted by atomic mass is 10.2. The van der Waals surface area contributed by atoms with Gasteiger partial charge in [-0.15, -0.1) is 11.3 Å². The van der Waals surface area contributed by atoms with E-state index in [1.165, 1.54) is 4.88 Å². The third-order valence-corrected chi connectivity index (χ3v) is 3.90. The third kappa shape index (κ3) is 4.80. The lowest BCUT2D eigenvalue weighted by molar-refractivity contribution is 0.199. The predicted molar refractivity (Wildman–Crippen MR) is 83.7 cm³/mol. The van der Waals surface area contributed by atoms with Gasteiger partial charge < -0.3 is 14.8 Å². The van der Waals surface area contributed by atoms with E-state index in [9.17, 15) is 0 Å². The molecule has 5 heteroatoms. The van der Waals surface area contributed by atoms with Crippen LogP contribution in [-0.4, -0.2) is 20.3 Å². The average molecular weight is 312 g/mol. The number of ether oxygens (including phenoxy) is 2. The van der Waals surface area contributed by atoms with Gasteiger partial charge in [0, 0.05) is 25.1 Å². The Morgan fingerprint density at radius 2 is 2.20 bits per heavy atom. The van der Waals surface area contributed by atoms with Gasteiger partial charge in [0.1, 0.15) is 12.4 Å². The predicted octanol–water partition coefficient (Wildman–Crippen LogP) is 3.72. The number of benzene rings is 1. The SMILES string of the molecule is COCCNCc1ccc(OCc2cccs2)c(Cl)c1. The Bertz CT molecular complexity index is 517. The van der Waals surface area contributed by atoms with Crippen molar-refractivity contribution in [2.45, 2.75) is 13.2 Å². The van der Waals surface area contributed by atoms with E-state index < -0.39 is 0 Å². The van der Waals surface area contributed by atoms with E-state index in [4.69, 9.17) is 21.1 Å². The molecule has 1 aromatic carbocycles. The maximum Gasteiger partial charge on any atom is 0.138 e. The number of hydrogen-bond donors (Lipinski definition) is 1. The minimum Gasteiger partial charge on any atom is -0.487 e. The minimum atomic E-state index is 0.558. The molecule has 1 heterocycles. The highest BCUT2D eigenvalue weighted by atomic mass is 35.5. The third-order valence-electron chi connectivity index (χ3n) is 2.76. The number of thiophene rings is 1. The van der Waals surface area contributed by atoms with E-state index in [1.54, 1.807) is 18.4 Å². The monoisotopic (exact) mass is 311 g/mol. The van der Waals surface area contributed by atoms with Crippen molar-refractivity contribution in [2.24, 2.45) is 0 Å². The highest BCUT2D eigenvalue weighted by Gasteiger charge is 2.04. The van der Waals surface area contributed by atoms with Gasteiger partial charge in [0.15, 0.2) is 0 Å². The molecule has 0 aliphatic rings. The summed E-state index contributed by atoms with van der Waals surface area (Å²) >= 11 is 7.91. The standard InChI is InChI=1S/C15H18ClNO2S/c1-18-7-6-17-10-12-4-5-15(14(16)9-12)19-11-13-3-2-8-20-13/h2-5,8-9,17H,6-7,10-11H2,1H3. The molecule has 0 amide bonds. The van der Waals surface area contributed by atoms with Crippen LogP contribution in [0.4, 0.5) is 0 Å². The normalized spacial score (nSPS) is 10.7. The van der Waals surface area contributed by atoms with Crippen LogP contribution in [-0.2, 0) is 17.9 Å². The Morgan fingerprint density at radius 1 is 1.30 bits per heavy atom. The van der Waals surface area contributed by atoms with Gasteiger partial charge in [-0.25, -0.2) is 0 Å². The first-order valence-corrected chi connectivity index (χ1v) is 7.68. The Kier molecular flexibility index (Phi) is 6.33. The number of hydrogen-bond acceptors (Lipinski definition) is 4. The van der Waals surface area contributed by atoms with Crippen molar-refractivity contribution >= 4 is 22.9 Å². The van der Waals surface area contributed by atoms with Crippen LogP contribution < -0.4 is 10.1 Å². The summed E-state index contributed by atoms with van der Waals surface area (Å²) in [6.45, 7) is 2.86. The van der Waals surface area contributed by atoms with E-state index in [-0.39, 0.29) is 0 Å². The van der Waals surface area contributed by atoms with E-state index in [0.717, 1.165) is 24.4 Å². The van der Waals surface area contributed by atoms with Crippen LogP contribution in [0.3, 0.4) is 0 Å². The molecule has 3 nitrogen and oxygen atoms in total. The van der Waals surface area contributed by atoms with Crippen molar-refractivity contribution in [1.82, 2.24) is 5.32 Å². The van der Waals surface area contributed by atoms with Crippen molar-refractivity contribution in [3.63, 3.8) is 0 Å². The summed E-state index contributed by atoms with van der Waals surface area (Å²) in [6.07, 6.45) is 0. The second-order valence-corrected chi connectivity index (χ2v) is 5.74. The zero-order valence-electron chi connectivity index (χ0n) is 11.4. The summed E-state index contributed by atoms with van der Waals surface area (Å²) in [7, 11) is 1.69. The molecule has 2 rings (SSSR count). The largest absolute Gasteiger partial charge is 0.487 e. The second-order valence-electron chi connectivity index (χ2n) is 4.30. The first-order valence-electron chi connectivity index (χ1n) is 6.43. The Morgan fingerprint density at radius 3 is 2.90 bits per heavy atom. The van der Waals surface area contributed by atoms with Gasteiger partial charge in [0.05, 0.1) is 11.6 Å². The van der Waals surface area contributed by atoms with Crippen LogP contribution in [0.2, 0.25) is 5.02 Å². The summed E-state index contributed by atoms with van der Waals surface area (Å²) in [5.41, 5.74) is 1.13. The highest BCUT2D eigenvalue weighted by molar-refractivity contribution is 7.09. The Balaban J connectivity index is 1.85. The number of rotatable bonds is 8. The second kappa shape index (κ2) is 8.27. The Labute approximate surface area is 128 Å².